The standard InChI is InChI=1S/C24H21N5O3/c1-15-7-9-17(10-8-15)19-14-18(21-16(2)29-32-24(21)27-19)23(30)28-22-20(6-5-12-26-22)31-13-4-3-11-25/h5-10,12,14H,3-4,13H2,1-2H3,(H,26,28,30). The van der Waals surface area contributed by atoms with Crippen LogP contribution < -0.4 is 10.1 Å². The van der Waals surface area contributed by atoms with Crippen LogP contribution in [0.4, 0.5) is 5.82 Å². The largest absolute Gasteiger partial charge is 0.490 e. The maximum atomic E-state index is 13.3. The normalized spacial score (nSPS) is 10.7. The molecule has 0 saturated carbocycles. The lowest BCUT2D eigenvalue weighted by Gasteiger charge is -2.12. The summed E-state index contributed by atoms with van der Waals surface area (Å²) in [5, 5.41) is 16.0. The van der Waals surface area contributed by atoms with E-state index in [9.17, 15) is 4.79 Å². The summed E-state index contributed by atoms with van der Waals surface area (Å²) >= 11 is 0. The summed E-state index contributed by atoms with van der Waals surface area (Å²) in [6, 6.07) is 15.1. The van der Waals surface area contributed by atoms with Gasteiger partial charge in [0.25, 0.3) is 11.6 Å². The molecule has 3 aromatic heterocycles. The number of rotatable bonds is 7. The Balaban J connectivity index is 1.68. The van der Waals surface area contributed by atoms with Crippen molar-refractivity contribution in [2.75, 3.05) is 11.9 Å². The van der Waals surface area contributed by atoms with Gasteiger partial charge in [-0.2, -0.15) is 5.26 Å². The number of carbonyl (C=O) groups excluding carboxylic acids is 1. The maximum absolute atomic E-state index is 13.3. The molecule has 1 aromatic carbocycles. The number of anilines is 1. The van der Waals surface area contributed by atoms with Crippen LogP contribution in [0.3, 0.4) is 0 Å². The van der Waals surface area contributed by atoms with Gasteiger partial charge in [-0.05, 0) is 38.5 Å². The lowest BCUT2D eigenvalue weighted by Crippen LogP contribution is -2.15. The Labute approximate surface area is 184 Å². The van der Waals surface area contributed by atoms with Gasteiger partial charge in [-0.3, -0.25) is 4.79 Å². The zero-order chi connectivity index (χ0) is 22.5. The SMILES string of the molecule is Cc1ccc(-c2cc(C(=O)Nc3ncccc3OCCCC#N)c3c(C)noc3n2)cc1. The van der Waals surface area contributed by atoms with Gasteiger partial charge in [0.15, 0.2) is 11.6 Å². The van der Waals surface area contributed by atoms with Gasteiger partial charge in [-0.25, -0.2) is 9.97 Å². The molecule has 1 N–H and O–H groups in total. The number of amides is 1. The smallest absolute Gasteiger partial charge is 0.259 e. The van der Waals surface area contributed by atoms with E-state index in [2.05, 4.69) is 26.5 Å². The summed E-state index contributed by atoms with van der Waals surface area (Å²) in [5.41, 5.74) is 3.83. The average Bonchev–Trinajstić information content (AvgIpc) is 3.18. The quantitative estimate of drug-likeness (QED) is 0.420. The fraction of sp³-hybridized carbons (Fsp3) is 0.208. The number of aromatic nitrogens is 3. The van der Waals surface area contributed by atoms with Gasteiger partial charge in [0, 0.05) is 18.2 Å². The fourth-order valence-electron chi connectivity index (χ4n) is 3.26. The van der Waals surface area contributed by atoms with E-state index in [1.165, 1.54) is 0 Å². The monoisotopic (exact) mass is 427 g/mol. The Bertz CT molecular complexity index is 1310. The van der Waals surface area contributed by atoms with Crippen molar-refractivity contribution in [1.29, 1.82) is 5.26 Å². The van der Waals surface area contributed by atoms with Crippen LogP contribution in [0.25, 0.3) is 22.4 Å². The lowest BCUT2D eigenvalue weighted by molar-refractivity contribution is 0.102. The van der Waals surface area contributed by atoms with Crippen molar-refractivity contribution in [2.24, 2.45) is 0 Å². The van der Waals surface area contributed by atoms with Crippen LogP contribution in [-0.2, 0) is 0 Å². The summed E-state index contributed by atoms with van der Waals surface area (Å²) in [6.07, 6.45) is 2.55. The number of fused-ring (bicyclic) bond motifs is 1. The van der Waals surface area contributed by atoms with Crippen molar-refractivity contribution < 1.29 is 14.1 Å². The number of unbranched alkanes of at least 4 members (excludes halogenated alkanes) is 1. The summed E-state index contributed by atoms with van der Waals surface area (Å²) in [6.45, 7) is 4.12. The van der Waals surface area contributed by atoms with E-state index in [-0.39, 0.29) is 5.91 Å². The van der Waals surface area contributed by atoms with E-state index in [1.54, 1.807) is 31.3 Å². The second kappa shape index (κ2) is 9.27. The molecule has 3 heterocycles. The number of nitrogens with one attached hydrogen (secondary N) is 1. The molecule has 0 bridgehead atoms. The van der Waals surface area contributed by atoms with Crippen LogP contribution in [-0.4, -0.2) is 27.6 Å². The minimum Gasteiger partial charge on any atom is -0.490 e. The van der Waals surface area contributed by atoms with E-state index in [0.717, 1.165) is 11.1 Å². The van der Waals surface area contributed by atoms with Gasteiger partial charge < -0.3 is 14.6 Å². The summed E-state index contributed by atoms with van der Waals surface area (Å²) < 4.78 is 11.1. The van der Waals surface area contributed by atoms with E-state index in [1.807, 2.05) is 31.2 Å². The zero-order valence-electron chi connectivity index (χ0n) is 17.8. The number of nitrogens with zero attached hydrogens (tertiary/aromatic N) is 4. The van der Waals surface area contributed by atoms with Crippen molar-refractivity contribution in [3.63, 3.8) is 0 Å². The lowest BCUT2D eigenvalue weighted by atomic mass is 10.0. The highest BCUT2D eigenvalue weighted by molar-refractivity contribution is 6.13. The molecule has 0 fully saturated rings. The number of hydrogen-bond donors (Lipinski definition) is 1. The molecule has 0 aliphatic heterocycles. The first-order chi connectivity index (χ1) is 15.6. The van der Waals surface area contributed by atoms with Crippen LogP contribution in [0.15, 0.2) is 53.2 Å². The van der Waals surface area contributed by atoms with Crippen molar-refractivity contribution in [2.45, 2.75) is 26.7 Å². The van der Waals surface area contributed by atoms with Gasteiger partial charge in [-0.1, -0.05) is 35.0 Å². The number of ether oxygens (including phenoxy) is 1. The van der Waals surface area contributed by atoms with Gasteiger partial charge in [-0.15, -0.1) is 0 Å². The molecule has 0 radical (unpaired) electrons. The Hall–Kier alpha value is -4.25. The van der Waals surface area contributed by atoms with E-state index >= 15 is 0 Å². The van der Waals surface area contributed by atoms with Crippen molar-refractivity contribution in [1.82, 2.24) is 15.1 Å². The number of benzene rings is 1. The first-order valence-corrected chi connectivity index (χ1v) is 10.2. The van der Waals surface area contributed by atoms with Crippen LogP contribution in [0.1, 0.15) is 34.5 Å². The number of nitriles is 1. The molecular formula is C24H21N5O3. The van der Waals surface area contributed by atoms with Crippen LogP contribution in [0, 0.1) is 25.2 Å². The highest BCUT2D eigenvalue weighted by Crippen LogP contribution is 2.29. The van der Waals surface area contributed by atoms with Crippen molar-refractivity contribution in [3.8, 4) is 23.1 Å². The summed E-state index contributed by atoms with van der Waals surface area (Å²) in [4.78, 5) is 22.1. The third kappa shape index (κ3) is 4.42. The predicted octanol–water partition coefficient (Wildman–Crippen LogP) is 4.84. The molecule has 0 unspecified atom stereocenters. The number of pyridine rings is 2. The fourth-order valence-corrected chi connectivity index (χ4v) is 3.26. The first kappa shape index (κ1) is 21.0. The van der Waals surface area contributed by atoms with Gasteiger partial charge >= 0.3 is 0 Å². The Morgan fingerprint density at radius 3 is 2.81 bits per heavy atom. The molecule has 160 valence electrons. The second-order valence-electron chi connectivity index (χ2n) is 7.28. The van der Waals surface area contributed by atoms with Crippen molar-refractivity contribution in [3.05, 3.63) is 65.5 Å². The minimum atomic E-state index is -0.377. The average molecular weight is 427 g/mol. The highest BCUT2D eigenvalue weighted by Gasteiger charge is 2.21. The first-order valence-electron chi connectivity index (χ1n) is 10.2. The van der Waals surface area contributed by atoms with E-state index < -0.39 is 0 Å². The molecule has 4 rings (SSSR count). The number of aryl methyl sites for hydroxylation is 2. The second-order valence-corrected chi connectivity index (χ2v) is 7.28. The number of hydrogen-bond acceptors (Lipinski definition) is 7. The molecule has 0 atom stereocenters. The van der Waals surface area contributed by atoms with Crippen LogP contribution >= 0.6 is 0 Å². The van der Waals surface area contributed by atoms with Crippen LogP contribution in [0.2, 0.25) is 0 Å². The Kier molecular flexibility index (Phi) is 6.08. The third-order valence-electron chi connectivity index (χ3n) is 4.90. The Morgan fingerprint density at radius 1 is 1.22 bits per heavy atom. The van der Waals surface area contributed by atoms with E-state index in [0.29, 0.717) is 59.1 Å². The van der Waals surface area contributed by atoms with Gasteiger partial charge in [0.2, 0.25) is 0 Å². The molecule has 8 heteroatoms. The molecule has 0 aliphatic rings. The van der Waals surface area contributed by atoms with Crippen molar-refractivity contribution >= 4 is 22.8 Å². The molecule has 0 spiro atoms. The molecule has 0 aliphatic carbocycles. The van der Waals surface area contributed by atoms with Gasteiger partial charge in [0.1, 0.15) is 0 Å². The molecule has 8 nitrogen and oxygen atoms in total. The molecule has 0 saturated heterocycles. The Morgan fingerprint density at radius 2 is 2.03 bits per heavy atom. The van der Waals surface area contributed by atoms with E-state index in [4.69, 9.17) is 14.5 Å². The summed E-state index contributed by atoms with van der Waals surface area (Å²) in [7, 11) is 0. The summed E-state index contributed by atoms with van der Waals surface area (Å²) in [5.74, 6) is 0.355. The predicted molar refractivity (Wildman–Crippen MR) is 119 cm³/mol. The molecular weight excluding hydrogens is 406 g/mol. The van der Waals surface area contributed by atoms with Gasteiger partial charge in [0.05, 0.1) is 35.0 Å². The number of carbonyl (C=O) groups is 1. The topological polar surface area (TPSA) is 114 Å². The zero-order valence-corrected chi connectivity index (χ0v) is 17.8. The minimum absolute atomic E-state index is 0.291. The third-order valence-corrected chi connectivity index (χ3v) is 4.90. The molecule has 32 heavy (non-hydrogen) atoms. The molecule has 4 aromatic rings. The maximum Gasteiger partial charge on any atom is 0.259 e. The highest BCUT2D eigenvalue weighted by atomic mass is 16.5. The van der Waals surface area contributed by atoms with Crippen LogP contribution in [0.5, 0.6) is 5.75 Å². The molecule has 1 amide bonds.